The summed E-state index contributed by atoms with van der Waals surface area (Å²) >= 11 is 0. The second kappa shape index (κ2) is 4.77. The topological polar surface area (TPSA) is 70.7 Å². The Kier molecular flexibility index (Phi) is 3.08. The molecule has 106 valence electrons. The fourth-order valence-corrected chi connectivity index (χ4v) is 3.05. The molecule has 1 fully saturated rings. The van der Waals surface area contributed by atoms with Crippen molar-refractivity contribution >= 4 is 17.3 Å². The number of carboxylic acids is 1. The van der Waals surface area contributed by atoms with Crippen molar-refractivity contribution in [1.82, 2.24) is 14.6 Å². The van der Waals surface area contributed by atoms with Gasteiger partial charge in [-0.2, -0.15) is 5.10 Å². The number of aliphatic carboxylic acids is 1. The molecule has 3 heterocycles. The van der Waals surface area contributed by atoms with Gasteiger partial charge in [-0.05, 0) is 31.7 Å². The van der Waals surface area contributed by atoms with Crippen molar-refractivity contribution in [3.05, 3.63) is 24.2 Å². The van der Waals surface area contributed by atoms with Crippen LogP contribution in [0.4, 0.5) is 5.82 Å². The number of carboxylic acid groups (broad SMARTS) is 1. The second-order valence-electron chi connectivity index (χ2n) is 5.46. The van der Waals surface area contributed by atoms with Crippen LogP contribution in [0.5, 0.6) is 0 Å². The summed E-state index contributed by atoms with van der Waals surface area (Å²) in [6, 6.07) is 1.43. The maximum absolute atomic E-state index is 11.6. The Morgan fingerprint density at radius 3 is 3.05 bits per heavy atom. The van der Waals surface area contributed by atoms with E-state index in [1.165, 1.54) is 0 Å². The Morgan fingerprint density at radius 2 is 2.30 bits per heavy atom. The fourth-order valence-electron chi connectivity index (χ4n) is 3.05. The van der Waals surface area contributed by atoms with Gasteiger partial charge in [-0.15, -0.1) is 0 Å². The first-order valence-corrected chi connectivity index (χ1v) is 6.88. The van der Waals surface area contributed by atoms with Crippen LogP contribution in [0.2, 0.25) is 0 Å². The third-order valence-corrected chi connectivity index (χ3v) is 3.95. The summed E-state index contributed by atoms with van der Waals surface area (Å²) < 4.78 is 1.76. The molecule has 2 unspecified atom stereocenters. The molecular formula is C14H18N4O2. The van der Waals surface area contributed by atoms with E-state index in [1.807, 2.05) is 24.8 Å². The predicted octanol–water partition coefficient (Wildman–Crippen LogP) is 1.73. The zero-order valence-corrected chi connectivity index (χ0v) is 11.7. The highest BCUT2D eigenvalue weighted by Crippen LogP contribution is 2.30. The number of hydrogen-bond donors (Lipinski definition) is 1. The van der Waals surface area contributed by atoms with Crippen LogP contribution >= 0.6 is 0 Å². The van der Waals surface area contributed by atoms with Crippen molar-refractivity contribution < 1.29 is 9.90 Å². The standard InChI is InChI=1S/C14H18N4O2/c1-9-4-3-6-17(12(9)14(19)20)13-11-8-10(2)16-18(11)7-5-15-13/h5,7-9,12H,3-4,6H2,1-2H3,(H,19,20). The molecule has 3 rings (SSSR count). The van der Waals surface area contributed by atoms with E-state index in [-0.39, 0.29) is 5.92 Å². The van der Waals surface area contributed by atoms with Crippen molar-refractivity contribution in [1.29, 1.82) is 0 Å². The van der Waals surface area contributed by atoms with Crippen LogP contribution in [0.3, 0.4) is 0 Å². The van der Waals surface area contributed by atoms with Crippen LogP contribution in [0.25, 0.3) is 5.52 Å². The van der Waals surface area contributed by atoms with Crippen LogP contribution in [-0.2, 0) is 4.79 Å². The Hall–Kier alpha value is -2.11. The van der Waals surface area contributed by atoms with Gasteiger partial charge in [0, 0.05) is 18.9 Å². The summed E-state index contributed by atoms with van der Waals surface area (Å²) in [4.78, 5) is 17.9. The lowest BCUT2D eigenvalue weighted by Gasteiger charge is -2.38. The monoisotopic (exact) mass is 274 g/mol. The lowest BCUT2D eigenvalue weighted by molar-refractivity contribution is -0.140. The highest BCUT2D eigenvalue weighted by molar-refractivity contribution is 5.81. The number of hydrogen-bond acceptors (Lipinski definition) is 4. The molecule has 1 aliphatic rings. The molecule has 2 aromatic rings. The average Bonchev–Trinajstić information content (AvgIpc) is 2.77. The number of anilines is 1. The number of nitrogens with zero attached hydrogens (tertiary/aromatic N) is 4. The number of aromatic nitrogens is 3. The van der Waals surface area contributed by atoms with Gasteiger partial charge >= 0.3 is 5.97 Å². The minimum Gasteiger partial charge on any atom is -0.480 e. The van der Waals surface area contributed by atoms with Crippen molar-refractivity contribution in [3.8, 4) is 0 Å². The van der Waals surface area contributed by atoms with Crippen molar-refractivity contribution in [2.45, 2.75) is 32.7 Å². The lowest BCUT2D eigenvalue weighted by atomic mass is 9.91. The van der Waals surface area contributed by atoms with Gasteiger partial charge in [0.15, 0.2) is 5.82 Å². The van der Waals surface area contributed by atoms with Gasteiger partial charge in [0.2, 0.25) is 0 Å². The van der Waals surface area contributed by atoms with Crippen molar-refractivity contribution in [2.75, 3.05) is 11.4 Å². The van der Waals surface area contributed by atoms with Crippen LogP contribution < -0.4 is 4.90 Å². The van der Waals surface area contributed by atoms with E-state index in [4.69, 9.17) is 0 Å². The average molecular weight is 274 g/mol. The van der Waals surface area contributed by atoms with Crippen LogP contribution in [0.1, 0.15) is 25.5 Å². The van der Waals surface area contributed by atoms with Crippen molar-refractivity contribution in [2.24, 2.45) is 5.92 Å². The molecule has 0 saturated carbocycles. The summed E-state index contributed by atoms with van der Waals surface area (Å²) in [7, 11) is 0. The highest BCUT2D eigenvalue weighted by atomic mass is 16.4. The van der Waals surface area contributed by atoms with Crippen LogP contribution in [-0.4, -0.2) is 38.3 Å². The molecule has 0 radical (unpaired) electrons. The Bertz CT molecular complexity index is 652. The summed E-state index contributed by atoms with van der Waals surface area (Å²) in [5, 5.41) is 13.9. The molecule has 2 aromatic heterocycles. The highest BCUT2D eigenvalue weighted by Gasteiger charge is 2.35. The number of rotatable bonds is 2. The number of fused-ring (bicyclic) bond motifs is 1. The molecular weight excluding hydrogens is 256 g/mol. The predicted molar refractivity (Wildman–Crippen MR) is 74.9 cm³/mol. The summed E-state index contributed by atoms with van der Waals surface area (Å²) in [6.45, 7) is 4.63. The van der Waals surface area contributed by atoms with E-state index >= 15 is 0 Å². The summed E-state index contributed by atoms with van der Waals surface area (Å²) in [5.41, 5.74) is 1.77. The first kappa shape index (κ1) is 12.9. The van der Waals surface area contributed by atoms with Gasteiger partial charge in [0.05, 0.1) is 5.69 Å². The molecule has 0 amide bonds. The van der Waals surface area contributed by atoms with Gasteiger partial charge in [-0.1, -0.05) is 6.92 Å². The maximum Gasteiger partial charge on any atom is 0.326 e. The fraction of sp³-hybridized carbons (Fsp3) is 0.500. The summed E-state index contributed by atoms with van der Waals surface area (Å²) in [5.74, 6) is 0.0524. The second-order valence-corrected chi connectivity index (χ2v) is 5.46. The largest absolute Gasteiger partial charge is 0.480 e. The molecule has 0 bridgehead atoms. The quantitative estimate of drug-likeness (QED) is 0.903. The van der Waals surface area contributed by atoms with E-state index in [0.29, 0.717) is 5.82 Å². The molecule has 0 spiro atoms. The Morgan fingerprint density at radius 1 is 1.50 bits per heavy atom. The van der Waals surface area contributed by atoms with Crippen LogP contribution in [0.15, 0.2) is 18.5 Å². The Labute approximate surface area is 117 Å². The third-order valence-electron chi connectivity index (χ3n) is 3.95. The molecule has 0 aliphatic carbocycles. The molecule has 20 heavy (non-hydrogen) atoms. The molecule has 1 N–H and O–H groups in total. The molecule has 1 saturated heterocycles. The maximum atomic E-state index is 11.6. The SMILES string of the molecule is Cc1cc2c(N3CCCC(C)C3C(=O)O)nccn2n1. The Balaban J connectivity index is 2.10. The van der Waals surface area contributed by atoms with E-state index in [9.17, 15) is 9.90 Å². The zero-order valence-electron chi connectivity index (χ0n) is 11.7. The smallest absolute Gasteiger partial charge is 0.326 e. The van der Waals surface area contributed by atoms with Gasteiger partial charge in [-0.3, -0.25) is 0 Å². The van der Waals surface area contributed by atoms with Crippen LogP contribution in [0, 0.1) is 12.8 Å². The van der Waals surface area contributed by atoms with E-state index < -0.39 is 12.0 Å². The zero-order chi connectivity index (χ0) is 14.3. The first-order valence-electron chi connectivity index (χ1n) is 6.88. The normalized spacial score (nSPS) is 23.2. The molecule has 6 nitrogen and oxygen atoms in total. The minimum atomic E-state index is -0.780. The van der Waals surface area contributed by atoms with E-state index in [1.54, 1.807) is 16.9 Å². The van der Waals surface area contributed by atoms with E-state index in [0.717, 1.165) is 30.6 Å². The van der Waals surface area contributed by atoms with Gasteiger partial charge in [0.1, 0.15) is 11.6 Å². The minimum absolute atomic E-state index is 0.118. The van der Waals surface area contributed by atoms with E-state index in [2.05, 4.69) is 10.1 Å². The van der Waals surface area contributed by atoms with Crippen molar-refractivity contribution in [3.63, 3.8) is 0 Å². The molecule has 6 heteroatoms. The molecule has 2 atom stereocenters. The first-order chi connectivity index (χ1) is 9.58. The van der Waals surface area contributed by atoms with Gasteiger partial charge in [0.25, 0.3) is 0 Å². The number of piperidine rings is 1. The molecule has 0 aromatic carbocycles. The third kappa shape index (κ3) is 2.01. The van der Waals surface area contributed by atoms with Gasteiger partial charge in [-0.25, -0.2) is 14.3 Å². The lowest BCUT2D eigenvalue weighted by Crippen LogP contribution is -2.49. The number of aryl methyl sites for hydroxylation is 1. The van der Waals surface area contributed by atoms with Gasteiger partial charge < -0.3 is 10.0 Å². The summed E-state index contributed by atoms with van der Waals surface area (Å²) in [6.07, 6.45) is 5.39. The molecule has 1 aliphatic heterocycles. The number of carbonyl (C=O) groups is 1.